The van der Waals surface area contributed by atoms with Gasteiger partial charge >= 0.3 is 24.1 Å². The van der Waals surface area contributed by atoms with E-state index in [1.807, 2.05) is 39.8 Å². The van der Waals surface area contributed by atoms with Crippen molar-refractivity contribution >= 4 is 164 Å². The van der Waals surface area contributed by atoms with Crippen molar-refractivity contribution < 1.29 is 111 Å². The van der Waals surface area contributed by atoms with Gasteiger partial charge in [0.25, 0.3) is 17.1 Å². The van der Waals surface area contributed by atoms with E-state index in [1.165, 1.54) is 161 Å². The number of aromatic nitrogens is 3. The third-order valence-electron chi connectivity index (χ3n) is 23.9. The zero-order valence-corrected chi connectivity index (χ0v) is 83.4. The number of nitrogens with zero attached hydrogens (tertiary/aromatic N) is 10. The Morgan fingerprint density at radius 2 is 0.956 bits per heavy atom. The molecule has 4 N–H and O–H groups in total. The molecule has 9 heterocycles. The number of benzene rings is 2. The van der Waals surface area contributed by atoms with Crippen LogP contribution in [0.1, 0.15) is 132 Å². The third kappa shape index (κ3) is 28.7. The summed E-state index contributed by atoms with van der Waals surface area (Å²) in [6.45, 7) is 17.7. The number of amides is 6. The minimum atomic E-state index is -1.86. The molecule has 38 nitrogen and oxygen atoms in total. The number of carbonyl (C=O) groups is 8. The number of anilines is 2. The van der Waals surface area contributed by atoms with Crippen LogP contribution >= 0.6 is 79.0 Å². The summed E-state index contributed by atoms with van der Waals surface area (Å²) in [4.78, 5) is 156. The highest BCUT2D eigenvalue weighted by molar-refractivity contribution is 8.77. The number of carbonyl (C=O) groups excluding carboxylic acids is 8. The number of alkyl carbamates (subject to hydrolysis) is 2. The van der Waals surface area contributed by atoms with Crippen LogP contribution in [0.4, 0.5) is 38.0 Å². The van der Waals surface area contributed by atoms with Gasteiger partial charge in [-0.15, -0.1) is 0 Å². The number of ether oxygens (including phenoxy) is 10. The van der Waals surface area contributed by atoms with Crippen molar-refractivity contribution in [2.45, 2.75) is 243 Å². The number of aliphatic hydroxyl groups is 2. The molecule has 5 aromatic rings. The molecule has 6 amide bonds. The first-order chi connectivity index (χ1) is 63.1. The van der Waals surface area contributed by atoms with Gasteiger partial charge in [0.2, 0.25) is 23.6 Å². The molecule has 3 aromatic heterocycles. The van der Waals surface area contributed by atoms with E-state index >= 15 is 0 Å². The number of halogens is 2. The number of esters is 2. The summed E-state index contributed by atoms with van der Waals surface area (Å²) in [5.74, 6) is -3.32. The molecular weight excluding hydrogens is 1900 g/mol. The van der Waals surface area contributed by atoms with Gasteiger partial charge in [-0.2, -0.15) is 12.6 Å². The quantitative estimate of drug-likeness (QED) is 0.00529. The molecule has 2 unspecified atom stereocenters. The van der Waals surface area contributed by atoms with Gasteiger partial charge < -0.3 is 77.2 Å². The molecule has 6 aliphatic heterocycles. The average molecular weight is 2010 g/mol. The number of pyridine rings is 3. The fraction of sp³-hybridized carbons (Fsp3) is 0.517. The molecule has 0 aliphatic carbocycles. The number of rotatable bonds is 25. The molecule has 731 valence electrons. The lowest BCUT2D eigenvalue weighted by Gasteiger charge is -2.42. The first kappa shape index (κ1) is 110. The van der Waals surface area contributed by atoms with E-state index in [0.717, 1.165) is 22.3 Å². The summed E-state index contributed by atoms with van der Waals surface area (Å²) in [5, 5.41) is 62.6. The van der Waals surface area contributed by atoms with Crippen molar-refractivity contribution in [2.24, 2.45) is 11.8 Å². The fourth-order valence-electron chi connectivity index (χ4n) is 15.3. The van der Waals surface area contributed by atoms with Gasteiger partial charge in [0.15, 0.2) is 11.4 Å². The number of likely N-dealkylation sites (N-methyl/N-ethyl adjacent to an activating group) is 2. The summed E-state index contributed by atoms with van der Waals surface area (Å²) in [6.07, 6.45) is 6.44. The van der Waals surface area contributed by atoms with Crippen molar-refractivity contribution in [2.75, 3.05) is 66.4 Å². The number of nitro groups is 3. The van der Waals surface area contributed by atoms with Gasteiger partial charge in [0.05, 0.1) is 65.4 Å². The van der Waals surface area contributed by atoms with Gasteiger partial charge in [-0.1, -0.05) is 109 Å². The predicted octanol–water partition coefficient (Wildman–Crippen LogP) is 13.8. The number of hydrogen-bond acceptors (Lipinski definition) is 34. The standard InChI is InChI=1S/C42H54ClN5O12S2.C37H52ClN3O10S.C10H6N4O4S2.B/c1-23-11-10-12-32(57-9)42(53)21-31(58-40(52)45-42)25(3)38-41(5,60-38)33(20-36(50)47(7)29-18-27(17-23)19-30(56-8)37(29)43)59-39(51)26(4)46(6)35(49)16-13-24(2)61-62-34-15-14-28(22-44-34)48(54)55;1-20-11-10-12-28(48-9)37(46)19-27(49-35(45)39-37)22(3)33-36(5,51-33)29(50-34(44)23(4)40(6)30(42)14-13-21(2)52)18-31(43)41(7)25-16-24(15-20)17-26(47-8)32(25)38;15-13(16)7-1-3-9(11-5-7)19-20-10-4-2-8(6-12-10)14(17)18;/h10-12,14-15,18-19,22,24-26,31-33,38,53H,13,16-17,20-21H2,1-9H3,(H,45,52);10-12,16-17,21-23,27-29,33,46,52H,13-15,18-19H2,1-9H3,(H,39,45);1-6H;/b12-10+,23-11+;12-10+,20-11+;;/t24?,25-,26+,31+,32-,33+,38+,41+,42+;21?,22-,23+,27+,28-,29+,33+,36+,37+;;/m11../s1. The minimum Gasteiger partial charge on any atom is -0.495 e. The van der Waals surface area contributed by atoms with Gasteiger partial charge in [-0.25, -0.2) is 34.1 Å². The molecule has 0 saturated carbocycles. The maximum atomic E-state index is 14.3. The molecule has 6 aliphatic rings. The Balaban J connectivity index is 0.000000276. The van der Waals surface area contributed by atoms with Gasteiger partial charge in [-0.3, -0.25) is 60.2 Å². The first-order valence-corrected chi connectivity index (χ1v) is 48.1. The zero-order chi connectivity index (χ0) is 98.9. The monoisotopic (exact) mass is 2010 g/mol. The Kier molecular flexibility index (Phi) is 39.6. The molecule has 11 rings (SSSR count). The third-order valence-corrected chi connectivity index (χ3v) is 30.0. The summed E-state index contributed by atoms with van der Waals surface area (Å²) in [5.41, 5.74) is -2.22. The number of methoxy groups -OCH3 is 4. The molecule has 3 radical (unpaired) electrons. The van der Waals surface area contributed by atoms with Crippen molar-refractivity contribution in [3.05, 3.63) is 178 Å². The second-order valence-corrected chi connectivity index (χ2v) is 40.2. The molecule has 2 aromatic carbocycles. The Bertz CT molecular complexity index is 5200. The van der Waals surface area contributed by atoms with Crippen molar-refractivity contribution in [1.29, 1.82) is 0 Å². The number of fused-ring (bicyclic) bond motifs is 10. The van der Waals surface area contributed by atoms with E-state index in [2.05, 4.69) is 38.2 Å². The molecule has 0 spiro atoms. The molecule has 18 atom stereocenters. The molecule has 4 saturated heterocycles. The van der Waals surface area contributed by atoms with Crippen LogP contribution in [-0.2, 0) is 79.5 Å². The van der Waals surface area contributed by atoms with Crippen LogP contribution in [0.3, 0.4) is 0 Å². The van der Waals surface area contributed by atoms with Gasteiger partial charge in [0, 0.05) is 112 Å². The number of hydrogen-bond donors (Lipinski definition) is 5. The van der Waals surface area contributed by atoms with E-state index in [4.69, 9.17) is 70.6 Å². The number of epoxide rings is 2. The molecule has 4 fully saturated rings. The van der Waals surface area contributed by atoms with Crippen LogP contribution < -0.4 is 29.9 Å². The summed E-state index contributed by atoms with van der Waals surface area (Å²) < 4.78 is 58.5. The maximum Gasteiger partial charge on any atom is 0.409 e. The fourth-order valence-corrected chi connectivity index (χ4v) is 19.8. The van der Waals surface area contributed by atoms with Crippen molar-refractivity contribution in [3.63, 3.8) is 0 Å². The summed E-state index contributed by atoms with van der Waals surface area (Å²) >= 11 is 17.9. The Labute approximate surface area is 815 Å². The molecule has 46 heteroatoms. The number of thiol groups is 1. The Hall–Kier alpha value is -9.84. The topological polar surface area (TPSA) is 481 Å². The van der Waals surface area contributed by atoms with Crippen LogP contribution in [0.25, 0.3) is 0 Å². The lowest BCUT2D eigenvalue weighted by atomic mass is 9.83. The van der Waals surface area contributed by atoms with Gasteiger partial charge in [0.1, 0.15) is 115 Å². The Morgan fingerprint density at radius 3 is 1.28 bits per heavy atom. The van der Waals surface area contributed by atoms with E-state index in [1.54, 1.807) is 103 Å². The lowest BCUT2D eigenvalue weighted by molar-refractivity contribution is -0.385. The zero-order valence-electron chi connectivity index (χ0n) is 77.7. The predicted molar refractivity (Wildman–Crippen MR) is 512 cm³/mol. The summed E-state index contributed by atoms with van der Waals surface area (Å²) in [7, 11) is 17.3. The smallest absolute Gasteiger partial charge is 0.409 e. The highest BCUT2D eigenvalue weighted by Gasteiger charge is 2.66. The molecule has 135 heavy (non-hydrogen) atoms. The van der Waals surface area contributed by atoms with Crippen LogP contribution in [-0.4, -0.2) is 257 Å². The van der Waals surface area contributed by atoms with Crippen LogP contribution in [0.15, 0.2) is 142 Å². The molecular formula is C89H112BCl2N12O26S5. The lowest BCUT2D eigenvalue weighted by Crippen LogP contribution is -2.63. The minimum absolute atomic E-state index is 0. The van der Waals surface area contributed by atoms with E-state index in [9.17, 15) is 78.9 Å². The largest absolute Gasteiger partial charge is 0.495 e. The Morgan fingerprint density at radius 1 is 0.600 bits per heavy atom. The average Bonchev–Trinajstić information content (AvgIpc) is 1.57. The highest BCUT2D eigenvalue weighted by atomic mass is 35.5. The van der Waals surface area contributed by atoms with Gasteiger partial charge in [-0.05, 0) is 158 Å². The van der Waals surface area contributed by atoms with Crippen LogP contribution in [0, 0.1) is 42.2 Å². The SMILES string of the molecule is COc1cc2cc(c1Cl)N(C)C(=O)C[C@H](OC(=O)[C@H](C)N(C)C(=O)CCC(C)S)[C@]1(C)O[C@H]1[C@H](C)[C@@H]1C[C@@](O)(NC(=O)O1)[C@H](OC)/C=C/C=C(\C)C2.COc1cc2cc(c1Cl)N(C)C(=O)C[C@H](OC(=O)[C@H](C)N(C)C(=O)CCC(C)SSc1ccc([N+](=O)[O-])cn1)[C@]1(C)O[C@H]1[C@H](C)[C@@H]1C[C@@](O)(NC(=O)O1)[C@H](OC)/C=C/C=C(\C)C2.O=[N+]([O-])c1ccc(SSc2ccc([N+](=O)[O-])cn2)nc1.[B]. The second kappa shape index (κ2) is 48.5. The van der Waals surface area contributed by atoms with E-state index in [0.29, 0.717) is 63.6 Å². The molecule has 8 bridgehead atoms. The van der Waals surface area contributed by atoms with Crippen LogP contribution in [0.2, 0.25) is 10.0 Å². The highest BCUT2D eigenvalue weighted by Crippen LogP contribution is 2.52. The maximum absolute atomic E-state index is 14.3. The van der Waals surface area contributed by atoms with E-state index < -0.39 is 146 Å². The normalized spacial score (nSPS) is 27.1. The summed E-state index contributed by atoms with van der Waals surface area (Å²) in [6, 6.07) is 13.8. The second-order valence-electron chi connectivity index (χ2n) is 33.7. The first-order valence-electron chi connectivity index (χ1n) is 42.5. The van der Waals surface area contributed by atoms with Crippen molar-refractivity contribution in [3.8, 4) is 11.5 Å². The van der Waals surface area contributed by atoms with Crippen molar-refractivity contribution in [1.82, 2.24) is 35.4 Å². The number of nitrogens with one attached hydrogen (secondary N) is 2. The van der Waals surface area contributed by atoms with E-state index in [-0.39, 0.29) is 96.4 Å². The number of allylic oxidation sites excluding steroid dienone is 6. The van der Waals surface area contributed by atoms with Crippen LogP contribution in [0.5, 0.6) is 11.5 Å².